The molecule has 0 saturated heterocycles. The third-order valence-corrected chi connectivity index (χ3v) is 0.393. The first-order valence-corrected chi connectivity index (χ1v) is 2.39. The van der Waals surface area contributed by atoms with Gasteiger partial charge in [0.05, 0.1) is 7.11 Å². The van der Waals surface area contributed by atoms with Crippen LogP contribution in [0, 0.1) is 0 Å². The van der Waals surface area contributed by atoms with Gasteiger partial charge in [0.2, 0.25) is 0 Å². The quantitative estimate of drug-likeness (QED) is 0.216. The van der Waals surface area contributed by atoms with Crippen LogP contribution in [0.15, 0.2) is 0 Å². The van der Waals surface area contributed by atoms with Gasteiger partial charge in [-0.15, -0.1) is 0 Å². The monoisotopic (exact) mass is 172 g/mol. The Bertz CT molecular complexity index is 58.4. The lowest BCUT2D eigenvalue weighted by molar-refractivity contribution is -0.790. The summed E-state index contributed by atoms with van der Waals surface area (Å²) < 4.78 is 4.39. The molecule has 0 aliphatic rings. The molecule has 0 N–H and O–H groups in total. The van der Waals surface area contributed by atoms with Crippen LogP contribution < -0.4 is 0 Å². The SMILES string of the molecule is COCOOOOOOOC. The first kappa shape index (κ1) is 10.7. The van der Waals surface area contributed by atoms with Gasteiger partial charge in [-0.3, -0.25) is 0 Å². The Kier molecular flexibility index (Phi) is 9.40. The highest BCUT2D eigenvalue weighted by Crippen LogP contribution is 1.86. The van der Waals surface area contributed by atoms with Crippen molar-refractivity contribution in [2.24, 2.45) is 0 Å². The third-order valence-electron chi connectivity index (χ3n) is 0.393. The van der Waals surface area contributed by atoms with Crippen LogP contribution in [-0.4, -0.2) is 21.0 Å². The molecule has 0 bridgehead atoms. The third kappa shape index (κ3) is 9.68. The van der Waals surface area contributed by atoms with Crippen molar-refractivity contribution in [3.63, 3.8) is 0 Å². The zero-order valence-electron chi connectivity index (χ0n) is 5.97. The lowest BCUT2D eigenvalue weighted by Gasteiger charge is -1.97. The van der Waals surface area contributed by atoms with Crippen LogP contribution in [0.5, 0.6) is 0 Å². The van der Waals surface area contributed by atoms with Crippen LogP contribution in [0.4, 0.5) is 0 Å². The van der Waals surface area contributed by atoms with Gasteiger partial charge in [-0.1, -0.05) is 0 Å². The maximum Gasteiger partial charge on any atom is 0.183 e. The second-order valence-corrected chi connectivity index (χ2v) is 1.03. The van der Waals surface area contributed by atoms with Gasteiger partial charge >= 0.3 is 0 Å². The van der Waals surface area contributed by atoms with E-state index < -0.39 is 0 Å². The Labute approximate surface area is 62.0 Å². The van der Waals surface area contributed by atoms with E-state index in [4.69, 9.17) is 0 Å². The van der Waals surface area contributed by atoms with E-state index in [1.165, 1.54) is 14.2 Å². The second-order valence-electron chi connectivity index (χ2n) is 1.03. The molecule has 0 amide bonds. The molecule has 0 spiro atoms. The van der Waals surface area contributed by atoms with E-state index >= 15 is 0 Å². The van der Waals surface area contributed by atoms with Gasteiger partial charge in [0.25, 0.3) is 0 Å². The Balaban J connectivity index is 2.69. The van der Waals surface area contributed by atoms with Crippen LogP contribution in [0.1, 0.15) is 0 Å². The fourth-order valence-electron chi connectivity index (χ4n) is 0.149. The molecule has 0 atom stereocenters. The molecule has 0 aromatic carbocycles. The Morgan fingerprint density at radius 2 is 1.45 bits per heavy atom. The Morgan fingerprint density at radius 1 is 0.818 bits per heavy atom. The fourth-order valence-corrected chi connectivity index (χ4v) is 0.149. The zero-order chi connectivity index (χ0) is 8.36. The molecule has 8 nitrogen and oxygen atoms in total. The Hall–Kier alpha value is -0.320. The van der Waals surface area contributed by atoms with Crippen molar-refractivity contribution in [1.82, 2.24) is 0 Å². The summed E-state index contributed by atoms with van der Waals surface area (Å²) in [6, 6.07) is 0. The maximum atomic E-state index is 4.39. The van der Waals surface area contributed by atoms with E-state index in [0.29, 0.717) is 0 Å². The summed E-state index contributed by atoms with van der Waals surface area (Å²) in [5.41, 5.74) is 0. The highest BCUT2D eigenvalue weighted by Gasteiger charge is 1.91. The lowest BCUT2D eigenvalue weighted by atomic mass is 11.4. The number of rotatable bonds is 8. The van der Waals surface area contributed by atoms with E-state index in [9.17, 15) is 0 Å². The van der Waals surface area contributed by atoms with Crippen molar-refractivity contribution in [2.75, 3.05) is 21.0 Å². The summed E-state index contributed by atoms with van der Waals surface area (Å²) in [7, 11) is 2.60. The number of hydrogen-bond donors (Lipinski definition) is 0. The minimum absolute atomic E-state index is 0.117. The molecule has 8 heteroatoms. The molecule has 0 heterocycles. The molecular formula is C3H8O8. The Morgan fingerprint density at radius 3 is 2.09 bits per heavy atom. The maximum absolute atomic E-state index is 4.39. The van der Waals surface area contributed by atoms with E-state index in [-0.39, 0.29) is 6.79 Å². The molecule has 0 radical (unpaired) electrons. The standard InChI is InChI=1S/C3H8O8/c1-4-3-6-8-10-11-9-7-5-2/h3H2,1-2H3. The average molecular weight is 172 g/mol. The summed E-state index contributed by atoms with van der Waals surface area (Å²) in [6.07, 6.45) is 0. The highest BCUT2D eigenvalue weighted by molar-refractivity contribution is 3.78. The van der Waals surface area contributed by atoms with Crippen LogP contribution in [0.25, 0.3) is 0 Å². The summed E-state index contributed by atoms with van der Waals surface area (Å²) >= 11 is 0. The number of methoxy groups -OCH3 is 1. The van der Waals surface area contributed by atoms with Gasteiger partial charge in [0.1, 0.15) is 0 Å². The summed E-state index contributed by atoms with van der Waals surface area (Å²) in [4.78, 5) is 8.04. The fraction of sp³-hybridized carbons (Fsp3) is 1.00. The van der Waals surface area contributed by atoms with Gasteiger partial charge in [-0.05, 0) is 25.2 Å². The van der Waals surface area contributed by atoms with Crippen LogP contribution in [0.3, 0.4) is 0 Å². The molecule has 0 unspecified atom stereocenters. The summed E-state index contributed by atoms with van der Waals surface area (Å²) in [6.45, 7) is -0.117. The first-order valence-electron chi connectivity index (χ1n) is 2.39. The topological polar surface area (TPSA) is 73.8 Å². The predicted octanol–water partition coefficient (Wildman–Crippen LogP) is -0.174. The molecule has 0 aliphatic heterocycles. The molecule has 0 saturated carbocycles. The molecule has 0 aromatic rings. The molecular weight excluding hydrogens is 164 g/mol. The van der Waals surface area contributed by atoms with Crippen molar-refractivity contribution < 1.29 is 39.7 Å². The van der Waals surface area contributed by atoms with Crippen LogP contribution in [-0.2, 0) is 39.7 Å². The smallest absolute Gasteiger partial charge is 0.183 e. The molecule has 68 valence electrons. The van der Waals surface area contributed by atoms with Gasteiger partial charge in [-0.2, -0.15) is 4.89 Å². The lowest BCUT2D eigenvalue weighted by Crippen LogP contribution is -2.02. The first-order chi connectivity index (χ1) is 5.41. The minimum Gasteiger partial charge on any atom is -0.355 e. The van der Waals surface area contributed by atoms with E-state index in [0.717, 1.165) is 0 Å². The molecule has 0 aromatic heterocycles. The molecule has 11 heavy (non-hydrogen) atoms. The van der Waals surface area contributed by atoms with Gasteiger partial charge in [-0.25, -0.2) is 4.89 Å². The van der Waals surface area contributed by atoms with E-state index in [1.807, 2.05) is 0 Å². The van der Waals surface area contributed by atoms with Crippen molar-refractivity contribution in [3.05, 3.63) is 0 Å². The normalized spacial score (nSPS) is 10.4. The van der Waals surface area contributed by atoms with Crippen molar-refractivity contribution in [3.8, 4) is 0 Å². The molecule has 0 fully saturated rings. The number of hydrogen-bond acceptors (Lipinski definition) is 8. The largest absolute Gasteiger partial charge is 0.355 e. The van der Waals surface area contributed by atoms with Gasteiger partial charge in [0, 0.05) is 7.11 Å². The summed E-state index contributed by atoms with van der Waals surface area (Å²) in [5, 5.41) is 18.6. The van der Waals surface area contributed by atoms with Crippen molar-refractivity contribution in [1.29, 1.82) is 0 Å². The average Bonchev–Trinajstić information content (AvgIpc) is 2.03. The molecule has 0 rings (SSSR count). The minimum atomic E-state index is -0.117. The second kappa shape index (κ2) is 9.68. The predicted molar refractivity (Wildman–Crippen MR) is 25.4 cm³/mol. The van der Waals surface area contributed by atoms with Crippen molar-refractivity contribution in [2.45, 2.75) is 0 Å². The zero-order valence-corrected chi connectivity index (χ0v) is 5.97. The van der Waals surface area contributed by atoms with Gasteiger partial charge < -0.3 is 4.74 Å². The van der Waals surface area contributed by atoms with Crippen LogP contribution in [0.2, 0.25) is 0 Å². The highest BCUT2D eigenvalue weighted by atomic mass is 17.9. The van der Waals surface area contributed by atoms with E-state index in [2.05, 4.69) is 39.7 Å². The molecule has 0 aliphatic carbocycles. The van der Waals surface area contributed by atoms with Crippen LogP contribution >= 0.6 is 0 Å². The number of ether oxygens (including phenoxy) is 1. The summed E-state index contributed by atoms with van der Waals surface area (Å²) in [5.74, 6) is 0. The van der Waals surface area contributed by atoms with Gasteiger partial charge in [0.15, 0.2) is 6.79 Å². The van der Waals surface area contributed by atoms with E-state index in [1.54, 1.807) is 0 Å². The van der Waals surface area contributed by atoms with Crippen molar-refractivity contribution >= 4 is 0 Å².